The molecule has 1 heterocycles. The molecule has 6 nitrogen and oxygen atoms in total. The van der Waals surface area contributed by atoms with E-state index in [9.17, 15) is 0 Å². The number of hydrogen-bond acceptors (Lipinski definition) is 5. The first-order valence-electron chi connectivity index (χ1n) is 5.66. The molecular weight excluding hydrogens is 242 g/mol. The fourth-order valence-corrected chi connectivity index (χ4v) is 1.71. The molecule has 0 saturated heterocycles. The Labute approximate surface area is 111 Å². The first kappa shape index (κ1) is 12.8. The molecule has 1 aromatic carbocycles. The predicted octanol–water partition coefficient (Wildman–Crippen LogP) is 1.54. The number of benzene rings is 1. The summed E-state index contributed by atoms with van der Waals surface area (Å²) >= 11 is 0. The van der Waals surface area contributed by atoms with Crippen LogP contribution >= 0.6 is 0 Å². The van der Waals surface area contributed by atoms with E-state index >= 15 is 0 Å². The van der Waals surface area contributed by atoms with Crippen LogP contribution in [0.1, 0.15) is 5.69 Å². The lowest BCUT2D eigenvalue weighted by Crippen LogP contribution is -2.21. The number of nitrogens with zero attached hydrogens (tertiary/aromatic N) is 3. The highest BCUT2D eigenvalue weighted by atomic mass is 16.5. The van der Waals surface area contributed by atoms with Gasteiger partial charge in [-0.15, -0.1) is 0 Å². The van der Waals surface area contributed by atoms with Crippen LogP contribution in [0.2, 0.25) is 0 Å². The van der Waals surface area contributed by atoms with Crippen LogP contribution in [-0.2, 0) is 0 Å². The Bertz CT molecular complexity index is 599. The van der Waals surface area contributed by atoms with Gasteiger partial charge in [-0.1, -0.05) is 6.07 Å². The maximum Gasteiger partial charge on any atom is 0.162 e. The summed E-state index contributed by atoms with van der Waals surface area (Å²) in [4.78, 5) is 10.1. The maximum atomic E-state index is 7.53. The van der Waals surface area contributed by atoms with Crippen molar-refractivity contribution in [2.24, 2.45) is 5.73 Å². The van der Waals surface area contributed by atoms with Crippen LogP contribution in [0.15, 0.2) is 36.7 Å². The van der Waals surface area contributed by atoms with Gasteiger partial charge in [-0.3, -0.25) is 5.41 Å². The highest BCUT2D eigenvalue weighted by Crippen LogP contribution is 2.26. The third-order valence-electron chi connectivity index (χ3n) is 2.69. The van der Waals surface area contributed by atoms with Crippen molar-refractivity contribution in [2.75, 3.05) is 19.1 Å². The van der Waals surface area contributed by atoms with Crippen LogP contribution < -0.4 is 15.4 Å². The Hall–Kier alpha value is -2.63. The lowest BCUT2D eigenvalue weighted by Gasteiger charge is -2.20. The lowest BCUT2D eigenvalue weighted by molar-refractivity contribution is 0.415. The van der Waals surface area contributed by atoms with Crippen LogP contribution in [0.3, 0.4) is 0 Å². The molecule has 0 amide bonds. The van der Waals surface area contributed by atoms with Crippen LogP contribution in [0, 0.1) is 5.41 Å². The molecule has 19 heavy (non-hydrogen) atoms. The van der Waals surface area contributed by atoms with Crippen LogP contribution in [0.4, 0.5) is 11.5 Å². The molecule has 0 aliphatic rings. The zero-order chi connectivity index (χ0) is 13.8. The van der Waals surface area contributed by atoms with Gasteiger partial charge in [-0.2, -0.15) is 0 Å². The van der Waals surface area contributed by atoms with Crippen molar-refractivity contribution in [1.29, 1.82) is 5.41 Å². The van der Waals surface area contributed by atoms with Gasteiger partial charge in [0.2, 0.25) is 0 Å². The topological polar surface area (TPSA) is 88.1 Å². The maximum absolute atomic E-state index is 7.53. The van der Waals surface area contributed by atoms with Crippen LogP contribution in [0.25, 0.3) is 0 Å². The van der Waals surface area contributed by atoms with Crippen molar-refractivity contribution >= 4 is 17.3 Å². The number of ether oxygens (including phenoxy) is 1. The Kier molecular flexibility index (Phi) is 3.61. The SMILES string of the molecule is COc1cccc(N(C)c2nccnc2C(=N)N)c1. The average molecular weight is 257 g/mol. The molecular formula is C13H15N5O. The Morgan fingerprint density at radius 2 is 2.05 bits per heavy atom. The van der Waals surface area contributed by atoms with E-state index in [1.165, 1.54) is 6.20 Å². The minimum absolute atomic E-state index is 0.113. The van der Waals surface area contributed by atoms with Crippen molar-refractivity contribution in [2.45, 2.75) is 0 Å². The van der Waals surface area contributed by atoms with Crippen molar-refractivity contribution in [1.82, 2.24) is 9.97 Å². The molecule has 0 spiro atoms. The van der Waals surface area contributed by atoms with Crippen LogP contribution in [0.5, 0.6) is 5.75 Å². The van der Waals surface area contributed by atoms with Gasteiger partial charge >= 0.3 is 0 Å². The molecule has 0 unspecified atom stereocenters. The van der Waals surface area contributed by atoms with E-state index in [1.54, 1.807) is 13.3 Å². The highest BCUT2D eigenvalue weighted by molar-refractivity contribution is 5.98. The van der Waals surface area contributed by atoms with Crippen molar-refractivity contribution in [3.8, 4) is 5.75 Å². The average Bonchev–Trinajstić information content (AvgIpc) is 2.46. The second kappa shape index (κ2) is 5.34. The summed E-state index contributed by atoms with van der Waals surface area (Å²) in [5.74, 6) is 1.17. The number of aromatic nitrogens is 2. The van der Waals surface area contributed by atoms with Gasteiger partial charge < -0.3 is 15.4 Å². The molecule has 98 valence electrons. The number of rotatable bonds is 4. The summed E-state index contributed by atoms with van der Waals surface area (Å²) in [6.07, 6.45) is 3.08. The molecule has 0 aliphatic heterocycles. The summed E-state index contributed by atoms with van der Waals surface area (Å²) < 4.78 is 5.19. The smallest absolute Gasteiger partial charge is 0.162 e. The van der Waals surface area contributed by atoms with E-state index in [0.29, 0.717) is 11.5 Å². The third-order valence-corrected chi connectivity index (χ3v) is 2.69. The molecule has 0 aliphatic carbocycles. The van der Waals surface area contributed by atoms with Crippen molar-refractivity contribution in [3.05, 3.63) is 42.4 Å². The monoisotopic (exact) mass is 257 g/mol. The summed E-state index contributed by atoms with van der Waals surface area (Å²) in [7, 11) is 3.45. The van der Waals surface area contributed by atoms with Gasteiger partial charge in [0.25, 0.3) is 0 Å². The van der Waals surface area contributed by atoms with Gasteiger partial charge in [0, 0.05) is 31.2 Å². The van der Waals surface area contributed by atoms with E-state index in [4.69, 9.17) is 15.9 Å². The minimum atomic E-state index is -0.113. The van der Waals surface area contributed by atoms with Gasteiger partial charge in [0.15, 0.2) is 5.82 Å². The van der Waals surface area contributed by atoms with E-state index in [2.05, 4.69) is 9.97 Å². The first-order chi connectivity index (χ1) is 9.13. The number of hydrogen-bond donors (Lipinski definition) is 2. The number of nitrogens with one attached hydrogen (secondary N) is 1. The molecule has 0 bridgehead atoms. The van der Waals surface area contributed by atoms with Crippen molar-refractivity contribution < 1.29 is 4.74 Å². The Balaban J connectivity index is 2.43. The molecule has 3 N–H and O–H groups in total. The van der Waals surface area contributed by atoms with Crippen LogP contribution in [-0.4, -0.2) is 30.0 Å². The number of amidine groups is 1. The van der Waals surface area contributed by atoms with E-state index in [1.807, 2.05) is 36.2 Å². The molecule has 0 fully saturated rings. The molecule has 1 aromatic heterocycles. The van der Waals surface area contributed by atoms with Gasteiger partial charge in [-0.25, -0.2) is 9.97 Å². The minimum Gasteiger partial charge on any atom is -0.497 e. The molecule has 2 rings (SSSR count). The van der Waals surface area contributed by atoms with Gasteiger partial charge in [-0.05, 0) is 12.1 Å². The molecule has 0 radical (unpaired) electrons. The largest absolute Gasteiger partial charge is 0.497 e. The normalized spacial score (nSPS) is 10.0. The third kappa shape index (κ3) is 2.62. The fourth-order valence-electron chi connectivity index (χ4n) is 1.71. The quantitative estimate of drug-likeness (QED) is 0.640. The lowest BCUT2D eigenvalue weighted by atomic mass is 10.2. The molecule has 6 heteroatoms. The standard InChI is InChI=1S/C13H15N5O/c1-18(9-4-3-5-10(8-9)19-2)13-11(12(14)15)16-6-7-17-13/h3-8H,1-2H3,(H3,14,15). The molecule has 0 saturated carbocycles. The Morgan fingerprint density at radius 1 is 1.32 bits per heavy atom. The van der Waals surface area contributed by atoms with E-state index in [-0.39, 0.29) is 5.84 Å². The Morgan fingerprint density at radius 3 is 2.74 bits per heavy atom. The number of methoxy groups -OCH3 is 1. The zero-order valence-electron chi connectivity index (χ0n) is 10.8. The summed E-state index contributed by atoms with van der Waals surface area (Å²) in [6.45, 7) is 0. The van der Waals surface area contributed by atoms with Crippen molar-refractivity contribution in [3.63, 3.8) is 0 Å². The zero-order valence-corrected chi connectivity index (χ0v) is 10.8. The van der Waals surface area contributed by atoms with Gasteiger partial charge in [0.1, 0.15) is 17.3 Å². The summed E-state index contributed by atoms with van der Waals surface area (Å²) in [6, 6.07) is 7.54. The fraction of sp³-hybridized carbons (Fsp3) is 0.154. The molecule has 0 atom stereocenters. The highest BCUT2D eigenvalue weighted by Gasteiger charge is 2.14. The summed E-state index contributed by atoms with van der Waals surface area (Å²) in [5, 5.41) is 7.53. The van der Waals surface area contributed by atoms with E-state index in [0.717, 1.165) is 11.4 Å². The van der Waals surface area contributed by atoms with E-state index < -0.39 is 0 Å². The predicted molar refractivity (Wildman–Crippen MR) is 74.1 cm³/mol. The second-order valence-corrected chi connectivity index (χ2v) is 3.90. The number of nitrogen functional groups attached to an aromatic ring is 1. The van der Waals surface area contributed by atoms with Gasteiger partial charge in [0.05, 0.1) is 7.11 Å². The summed E-state index contributed by atoms with van der Waals surface area (Å²) in [5.41, 5.74) is 6.75. The molecule has 2 aromatic rings. The number of anilines is 2. The number of nitrogens with two attached hydrogens (primary N) is 1. The first-order valence-corrected chi connectivity index (χ1v) is 5.66. The second-order valence-electron chi connectivity index (χ2n) is 3.90.